The molecule has 9 rings (SSSR count). The van der Waals surface area contributed by atoms with Gasteiger partial charge < -0.3 is 35.1 Å². The summed E-state index contributed by atoms with van der Waals surface area (Å²) in [4.78, 5) is 75.9. The molecule has 2 aromatic carbocycles. The summed E-state index contributed by atoms with van der Waals surface area (Å²) in [6, 6.07) is 4.91. The van der Waals surface area contributed by atoms with E-state index in [9.17, 15) is 37.5 Å². The maximum Gasteiger partial charge on any atom is 0.343 e. The van der Waals surface area contributed by atoms with E-state index in [1.54, 1.807) is 43.5 Å². The van der Waals surface area contributed by atoms with E-state index in [-0.39, 0.29) is 58.3 Å². The van der Waals surface area contributed by atoms with Crippen molar-refractivity contribution in [1.82, 2.24) is 25.2 Å². The molecule has 3 aromatic heterocycles. The highest BCUT2D eigenvalue weighted by atomic mass is 32.2. The molecule has 3 atom stereocenters. The van der Waals surface area contributed by atoms with Crippen molar-refractivity contribution in [3.8, 4) is 17.1 Å². The Morgan fingerprint density at radius 3 is 2.50 bits per heavy atom. The first-order valence-electron chi connectivity index (χ1n) is 19.6. The van der Waals surface area contributed by atoms with Crippen LogP contribution in [0.5, 0.6) is 5.75 Å². The van der Waals surface area contributed by atoms with Gasteiger partial charge in [0.15, 0.2) is 11.4 Å². The maximum atomic E-state index is 15.2. The highest BCUT2D eigenvalue weighted by Crippen LogP contribution is 2.45. The van der Waals surface area contributed by atoms with Crippen LogP contribution < -0.4 is 26.2 Å². The number of fused-ring (bicyclic) bond motifs is 6. The minimum Gasteiger partial charge on any atom is -0.490 e. The van der Waals surface area contributed by atoms with Gasteiger partial charge in [-0.3, -0.25) is 19.2 Å². The third-order valence-corrected chi connectivity index (χ3v) is 15.4. The lowest BCUT2D eigenvalue weighted by Gasteiger charge is -2.31. The number of carbonyl (C=O) groups is 4. The second-order valence-electron chi connectivity index (χ2n) is 15.9. The number of nitrogens with zero attached hydrogens (tertiary/aromatic N) is 3. The number of anilines is 1. The summed E-state index contributed by atoms with van der Waals surface area (Å²) in [5.74, 6) is -4.05. The Morgan fingerprint density at radius 2 is 1.78 bits per heavy atom. The van der Waals surface area contributed by atoms with Crippen LogP contribution in [0.15, 0.2) is 39.5 Å². The average Bonchev–Trinajstić information content (AvgIpc) is 3.90. The van der Waals surface area contributed by atoms with E-state index in [1.807, 2.05) is 0 Å². The van der Waals surface area contributed by atoms with Crippen LogP contribution in [-0.4, -0.2) is 75.7 Å². The minimum atomic E-state index is -3.63. The summed E-state index contributed by atoms with van der Waals surface area (Å²) in [6.07, 6.45) is 1.58. The first-order valence-corrected chi connectivity index (χ1v) is 21.9. The van der Waals surface area contributed by atoms with Crippen molar-refractivity contribution in [2.24, 2.45) is 5.92 Å². The molecule has 4 aliphatic rings. The van der Waals surface area contributed by atoms with Crippen LogP contribution in [-0.2, 0) is 54.1 Å². The number of hydrogen-bond donors (Lipinski definition) is 4. The van der Waals surface area contributed by atoms with Crippen LogP contribution in [0.3, 0.4) is 0 Å². The molecule has 312 valence electrons. The molecule has 0 unspecified atom stereocenters. The zero-order chi connectivity index (χ0) is 42.6. The van der Waals surface area contributed by atoms with Gasteiger partial charge in [0.2, 0.25) is 26.0 Å². The fraction of sp³-hybridized carbons (Fsp3) is 0.390. The van der Waals surface area contributed by atoms with Crippen LogP contribution in [0.1, 0.15) is 79.6 Å². The Kier molecular flexibility index (Phi) is 9.36. The summed E-state index contributed by atoms with van der Waals surface area (Å²) < 4.78 is 53.7. The average molecular weight is 859 g/mol. The number of rotatable bonds is 10. The smallest absolute Gasteiger partial charge is 0.343 e. The molecule has 1 fully saturated rings. The monoisotopic (exact) mass is 858 g/mol. The molecule has 0 spiro atoms. The second-order valence-corrected chi connectivity index (χ2v) is 19.3. The fourth-order valence-electron chi connectivity index (χ4n) is 8.12. The lowest BCUT2D eigenvalue weighted by atomic mass is 9.86. The fourth-order valence-corrected chi connectivity index (χ4v) is 11.2. The third kappa shape index (κ3) is 6.23. The van der Waals surface area contributed by atoms with Crippen molar-refractivity contribution < 1.29 is 46.6 Å². The number of esters is 1. The summed E-state index contributed by atoms with van der Waals surface area (Å²) in [5.41, 5.74) is 1.33. The zero-order valence-corrected chi connectivity index (χ0v) is 34.4. The van der Waals surface area contributed by atoms with Gasteiger partial charge in [0.05, 0.1) is 62.3 Å². The molecular formula is C41H39FN6O10S2. The Morgan fingerprint density at radius 1 is 1.02 bits per heavy atom. The van der Waals surface area contributed by atoms with Crippen molar-refractivity contribution >= 4 is 71.7 Å². The lowest BCUT2D eigenvalue weighted by Crippen LogP contribution is -2.53. The highest BCUT2D eigenvalue weighted by molar-refractivity contribution is 7.94. The largest absolute Gasteiger partial charge is 0.490 e. The number of ether oxygens (including phenoxy) is 2. The van der Waals surface area contributed by atoms with Gasteiger partial charge in [-0.1, -0.05) is 20.8 Å². The van der Waals surface area contributed by atoms with E-state index in [4.69, 9.17) is 14.5 Å². The number of pyridine rings is 2. The number of thiazole rings is 1. The maximum absolute atomic E-state index is 15.2. The molecule has 4 N–H and O–H groups in total. The van der Waals surface area contributed by atoms with Crippen molar-refractivity contribution in [2.45, 2.75) is 93.8 Å². The standard InChI is InChI=1S/C41H39FN6O10S2/c1-5-41(54)24-13-29-33-22(15-48(29)38(52)23(24)16-58-39(41)53)20-10-11-57-34-27(9-8-26(44-33)31(20)34)45-35(49)18(4)43-37(51)32(17(2)3)47-36(50)21-12-30-28(14-25(21)42)46-40(59-30)60(55,56)19-6-7-19/h8-9,12-14,17-19,32,54H,5-7,10-11,15-16H2,1-4H3,(H,43,51)(H,45,49)(H,47,50)/t18-,32-,41-/m0/s1. The van der Waals surface area contributed by atoms with Gasteiger partial charge in [-0.25, -0.2) is 27.6 Å². The van der Waals surface area contributed by atoms with Crippen LogP contribution in [0, 0.1) is 11.7 Å². The molecule has 60 heavy (non-hydrogen) atoms. The van der Waals surface area contributed by atoms with E-state index >= 15 is 4.39 Å². The number of halogens is 1. The van der Waals surface area contributed by atoms with E-state index in [1.165, 1.54) is 13.0 Å². The normalized spacial score (nSPS) is 18.9. The number of amides is 3. The summed E-state index contributed by atoms with van der Waals surface area (Å²) >= 11 is 0.857. The first-order chi connectivity index (χ1) is 28.5. The van der Waals surface area contributed by atoms with Gasteiger partial charge >= 0.3 is 5.97 Å². The van der Waals surface area contributed by atoms with E-state index in [0.29, 0.717) is 57.7 Å². The van der Waals surface area contributed by atoms with Crippen molar-refractivity contribution in [1.29, 1.82) is 0 Å². The molecule has 3 amide bonds. The zero-order valence-electron chi connectivity index (χ0n) is 32.8. The van der Waals surface area contributed by atoms with E-state index in [0.717, 1.165) is 28.5 Å². The van der Waals surface area contributed by atoms with Gasteiger partial charge in [0.1, 0.15) is 24.5 Å². The Hall–Kier alpha value is -5.79. The van der Waals surface area contributed by atoms with Crippen molar-refractivity contribution in [2.75, 3.05) is 11.9 Å². The van der Waals surface area contributed by atoms with Gasteiger partial charge in [-0.2, -0.15) is 0 Å². The van der Waals surface area contributed by atoms with Crippen LogP contribution in [0.25, 0.3) is 32.5 Å². The quantitative estimate of drug-likeness (QED) is 0.145. The number of aromatic nitrogens is 3. The molecule has 5 aromatic rings. The number of hydrogen-bond acceptors (Lipinski definition) is 13. The Labute approximate surface area is 345 Å². The van der Waals surface area contributed by atoms with Gasteiger partial charge in [-0.05, 0) is 61.9 Å². The minimum absolute atomic E-state index is 0.0173. The molecule has 19 heteroatoms. The number of carbonyl (C=O) groups excluding carboxylic acids is 4. The number of benzene rings is 2. The van der Waals surface area contributed by atoms with E-state index < -0.39 is 68.2 Å². The lowest BCUT2D eigenvalue weighted by molar-refractivity contribution is -0.172. The Bertz CT molecular complexity index is 2920. The topological polar surface area (TPSA) is 225 Å². The molecule has 0 radical (unpaired) electrons. The molecule has 16 nitrogen and oxygen atoms in total. The molecule has 3 aliphatic heterocycles. The second kappa shape index (κ2) is 14.2. The van der Waals surface area contributed by atoms with Gasteiger partial charge in [0.25, 0.3) is 11.5 Å². The summed E-state index contributed by atoms with van der Waals surface area (Å²) in [6.45, 7) is 6.66. The van der Waals surface area contributed by atoms with Gasteiger partial charge in [0, 0.05) is 29.0 Å². The molecule has 0 bridgehead atoms. The highest BCUT2D eigenvalue weighted by Gasteiger charge is 2.46. The third-order valence-electron chi connectivity index (χ3n) is 11.7. The van der Waals surface area contributed by atoms with Crippen LogP contribution in [0.2, 0.25) is 0 Å². The molecule has 0 saturated heterocycles. The van der Waals surface area contributed by atoms with Crippen LogP contribution in [0.4, 0.5) is 10.1 Å². The molecule has 1 aliphatic carbocycles. The number of nitrogens with one attached hydrogen (secondary N) is 3. The van der Waals surface area contributed by atoms with Crippen molar-refractivity contribution in [3.63, 3.8) is 0 Å². The molecular weight excluding hydrogens is 820 g/mol. The van der Waals surface area contributed by atoms with Crippen LogP contribution >= 0.6 is 11.3 Å². The number of sulfone groups is 1. The Balaban J connectivity index is 0.932. The number of cyclic esters (lactones) is 1. The number of aliphatic hydroxyl groups is 1. The SMILES string of the molecule is CC[C@@]1(O)C(=O)OCc2c1cc1n(c2=O)Cc2c-1nc1ccc(NC(=O)[C@H](C)NC(=O)[C@@H](NC(=O)c3cc4sc(S(=O)(=O)C5CC5)nc4cc3F)C(C)C)c3c1c2CCO3. The summed E-state index contributed by atoms with van der Waals surface area (Å²) in [5, 5.41) is 19.4. The molecule has 1 saturated carbocycles. The first kappa shape index (κ1) is 39.7. The van der Waals surface area contributed by atoms with Gasteiger partial charge in [-0.15, -0.1) is 11.3 Å². The van der Waals surface area contributed by atoms with E-state index in [2.05, 4.69) is 20.9 Å². The van der Waals surface area contributed by atoms with Crippen molar-refractivity contribution in [3.05, 3.63) is 74.3 Å². The predicted octanol–water partition coefficient (Wildman–Crippen LogP) is 3.60. The summed E-state index contributed by atoms with van der Waals surface area (Å²) in [7, 11) is -3.63. The predicted molar refractivity (Wildman–Crippen MR) is 216 cm³/mol. The molecule has 6 heterocycles.